The van der Waals surface area contributed by atoms with Crippen LogP contribution in [0, 0.1) is 11.8 Å². The van der Waals surface area contributed by atoms with Crippen LogP contribution < -0.4 is 5.32 Å². The van der Waals surface area contributed by atoms with Crippen LogP contribution in [-0.4, -0.2) is 44.8 Å². The molecule has 1 N–H and O–H groups in total. The van der Waals surface area contributed by atoms with Gasteiger partial charge in [-0.2, -0.15) is 0 Å². The number of ether oxygens (including phenoxy) is 1. The second-order valence-electron chi connectivity index (χ2n) is 6.20. The van der Waals surface area contributed by atoms with Crippen LogP contribution >= 0.6 is 0 Å². The fraction of sp³-hybridized carbons (Fsp3) is 0.500. The van der Waals surface area contributed by atoms with Gasteiger partial charge >= 0.3 is 5.97 Å². The number of nitrogens with one attached hydrogen (secondary N) is 1. The zero-order valence-electron chi connectivity index (χ0n) is 14.1. The van der Waals surface area contributed by atoms with Crippen LogP contribution in [0.25, 0.3) is 0 Å². The summed E-state index contributed by atoms with van der Waals surface area (Å²) in [4.78, 5) is 23.9. The van der Waals surface area contributed by atoms with Gasteiger partial charge in [-0.15, -0.1) is 0 Å². The van der Waals surface area contributed by atoms with Crippen LogP contribution in [0.5, 0.6) is 0 Å². The monoisotopic (exact) mass is 354 g/mol. The van der Waals surface area contributed by atoms with Crippen molar-refractivity contribution in [3.63, 3.8) is 0 Å². The van der Waals surface area contributed by atoms with Gasteiger partial charge in [-0.05, 0) is 37.5 Å². The van der Waals surface area contributed by atoms with E-state index in [1.807, 2.05) is 6.92 Å². The second kappa shape index (κ2) is 6.90. The van der Waals surface area contributed by atoms with Crippen molar-refractivity contribution in [2.75, 3.05) is 19.4 Å². The van der Waals surface area contributed by atoms with Gasteiger partial charge in [0.2, 0.25) is 10.0 Å². The molecular weight excluding hydrogens is 332 g/mol. The number of sulfonamides is 1. The van der Waals surface area contributed by atoms with E-state index >= 15 is 0 Å². The lowest BCUT2D eigenvalue weighted by Crippen LogP contribution is -2.30. The Morgan fingerprint density at radius 3 is 2.50 bits per heavy atom. The molecule has 1 aromatic carbocycles. The molecule has 2 rings (SSSR count). The summed E-state index contributed by atoms with van der Waals surface area (Å²) in [5.74, 6) is -0.681. The molecule has 0 radical (unpaired) electrons. The van der Waals surface area contributed by atoms with Crippen molar-refractivity contribution in [1.29, 1.82) is 0 Å². The van der Waals surface area contributed by atoms with Crippen molar-refractivity contribution in [3.05, 3.63) is 24.3 Å². The molecule has 0 aliphatic heterocycles. The quantitative estimate of drug-likeness (QED) is 0.781. The van der Waals surface area contributed by atoms with Crippen molar-refractivity contribution < 1.29 is 22.7 Å². The molecule has 1 fully saturated rings. The van der Waals surface area contributed by atoms with Gasteiger partial charge in [-0.1, -0.05) is 13.0 Å². The number of hydrogen-bond donors (Lipinski definition) is 1. The molecule has 0 heterocycles. The van der Waals surface area contributed by atoms with E-state index in [1.165, 1.54) is 39.2 Å². The van der Waals surface area contributed by atoms with Crippen LogP contribution in [0.2, 0.25) is 0 Å². The third kappa shape index (κ3) is 4.12. The number of anilines is 1. The SMILES string of the molecule is C[C@H](OC(=O)[C@H]1C[C@H]1C)C(=O)Nc1cccc(S(=O)(=O)N(C)C)c1. The Bertz CT molecular complexity index is 745. The minimum absolute atomic E-state index is 0.0711. The lowest BCUT2D eigenvalue weighted by Gasteiger charge is -2.15. The molecule has 3 atom stereocenters. The Kier molecular flexibility index (Phi) is 5.29. The first-order valence-electron chi connectivity index (χ1n) is 7.67. The lowest BCUT2D eigenvalue weighted by molar-refractivity contribution is -0.154. The van der Waals surface area contributed by atoms with Crippen LogP contribution in [0.1, 0.15) is 20.3 Å². The Labute approximate surface area is 142 Å². The summed E-state index contributed by atoms with van der Waals surface area (Å²) in [6.07, 6.45) is -0.156. The maximum Gasteiger partial charge on any atom is 0.309 e. The molecule has 0 spiro atoms. The first-order chi connectivity index (χ1) is 11.1. The predicted octanol–water partition coefficient (Wildman–Crippen LogP) is 1.46. The molecule has 1 amide bonds. The number of carbonyl (C=O) groups excluding carboxylic acids is 2. The average molecular weight is 354 g/mol. The number of hydrogen-bond acceptors (Lipinski definition) is 5. The number of esters is 1. The summed E-state index contributed by atoms with van der Waals surface area (Å²) in [6.45, 7) is 3.44. The molecule has 0 saturated heterocycles. The maximum atomic E-state index is 12.1. The zero-order valence-corrected chi connectivity index (χ0v) is 15.0. The van der Waals surface area contributed by atoms with Crippen LogP contribution in [0.4, 0.5) is 5.69 Å². The number of nitrogens with zero attached hydrogens (tertiary/aromatic N) is 1. The summed E-state index contributed by atoms with van der Waals surface area (Å²) >= 11 is 0. The fourth-order valence-corrected chi connectivity index (χ4v) is 3.10. The van der Waals surface area contributed by atoms with E-state index in [4.69, 9.17) is 4.74 Å². The fourth-order valence-electron chi connectivity index (χ4n) is 2.15. The summed E-state index contributed by atoms with van der Waals surface area (Å²) in [6, 6.07) is 5.92. The number of benzene rings is 1. The molecule has 0 bridgehead atoms. The normalized spacial score (nSPS) is 21.2. The maximum absolute atomic E-state index is 12.1. The molecule has 24 heavy (non-hydrogen) atoms. The molecule has 1 aromatic rings. The van der Waals surface area contributed by atoms with Crippen LogP contribution in [0.15, 0.2) is 29.2 Å². The highest BCUT2D eigenvalue weighted by Gasteiger charge is 2.41. The molecule has 8 heteroatoms. The lowest BCUT2D eigenvalue weighted by atomic mass is 10.3. The van der Waals surface area contributed by atoms with E-state index in [0.29, 0.717) is 11.6 Å². The standard InChI is InChI=1S/C16H22N2O5S/c1-10-8-14(10)16(20)23-11(2)15(19)17-12-6-5-7-13(9-12)24(21,22)18(3)4/h5-7,9-11,14H,8H2,1-4H3,(H,17,19)/t10-,11+,14+/m1/s1. The Morgan fingerprint density at radius 2 is 1.96 bits per heavy atom. The smallest absolute Gasteiger partial charge is 0.309 e. The molecule has 7 nitrogen and oxygen atoms in total. The Morgan fingerprint density at radius 1 is 1.33 bits per heavy atom. The molecule has 1 saturated carbocycles. The highest BCUT2D eigenvalue weighted by molar-refractivity contribution is 7.89. The summed E-state index contributed by atoms with van der Waals surface area (Å²) in [5.41, 5.74) is 0.325. The zero-order chi connectivity index (χ0) is 18.1. The number of carbonyl (C=O) groups is 2. The highest BCUT2D eigenvalue weighted by Crippen LogP contribution is 2.38. The summed E-state index contributed by atoms with van der Waals surface area (Å²) in [7, 11) is -0.724. The van der Waals surface area contributed by atoms with Gasteiger partial charge in [0, 0.05) is 19.8 Å². The summed E-state index contributed by atoms with van der Waals surface area (Å²) in [5, 5.41) is 2.57. The molecular formula is C16H22N2O5S. The van der Waals surface area contributed by atoms with Crippen molar-refractivity contribution in [2.24, 2.45) is 11.8 Å². The van der Waals surface area contributed by atoms with Gasteiger partial charge in [-0.25, -0.2) is 12.7 Å². The van der Waals surface area contributed by atoms with Crippen LogP contribution in [-0.2, 0) is 24.3 Å². The topological polar surface area (TPSA) is 92.8 Å². The van der Waals surface area contributed by atoms with Crippen molar-refractivity contribution in [1.82, 2.24) is 4.31 Å². The van der Waals surface area contributed by atoms with E-state index < -0.39 is 22.0 Å². The van der Waals surface area contributed by atoms with Gasteiger partial charge in [0.05, 0.1) is 10.8 Å². The largest absolute Gasteiger partial charge is 0.452 e. The summed E-state index contributed by atoms with van der Waals surface area (Å²) < 4.78 is 30.4. The van der Waals surface area contributed by atoms with Crippen molar-refractivity contribution in [2.45, 2.75) is 31.3 Å². The van der Waals surface area contributed by atoms with Crippen LogP contribution in [0.3, 0.4) is 0 Å². The minimum atomic E-state index is -3.59. The first kappa shape index (κ1) is 18.4. The van der Waals surface area contributed by atoms with E-state index in [9.17, 15) is 18.0 Å². The number of amides is 1. The number of rotatable bonds is 6. The third-order valence-corrected chi connectivity index (χ3v) is 5.77. The molecule has 0 unspecified atom stereocenters. The van der Waals surface area contributed by atoms with Gasteiger partial charge in [0.25, 0.3) is 5.91 Å². The Hall–Kier alpha value is -1.93. The second-order valence-corrected chi connectivity index (χ2v) is 8.35. The Balaban J connectivity index is 2.02. The average Bonchev–Trinajstić information content (AvgIpc) is 3.24. The predicted molar refractivity (Wildman–Crippen MR) is 88.8 cm³/mol. The molecule has 1 aliphatic carbocycles. The molecule has 132 valence electrons. The third-order valence-electron chi connectivity index (χ3n) is 3.95. The van der Waals surface area contributed by atoms with E-state index in [1.54, 1.807) is 6.07 Å². The highest BCUT2D eigenvalue weighted by atomic mass is 32.2. The van der Waals surface area contributed by atoms with Crippen molar-refractivity contribution >= 4 is 27.6 Å². The minimum Gasteiger partial charge on any atom is -0.452 e. The molecule has 0 aromatic heterocycles. The molecule has 1 aliphatic rings. The first-order valence-corrected chi connectivity index (χ1v) is 9.11. The van der Waals surface area contributed by atoms with Gasteiger partial charge < -0.3 is 10.1 Å². The van der Waals surface area contributed by atoms with E-state index in [-0.39, 0.29) is 16.8 Å². The van der Waals surface area contributed by atoms with E-state index in [2.05, 4.69) is 5.32 Å². The van der Waals surface area contributed by atoms with Gasteiger partial charge in [0.15, 0.2) is 6.10 Å². The van der Waals surface area contributed by atoms with Gasteiger partial charge in [0.1, 0.15) is 0 Å². The van der Waals surface area contributed by atoms with Gasteiger partial charge in [-0.3, -0.25) is 9.59 Å². The van der Waals surface area contributed by atoms with Crippen molar-refractivity contribution in [3.8, 4) is 0 Å². The van der Waals surface area contributed by atoms with E-state index in [0.717, 1.165) is 10.7 Å².